The van der Waals surface area contributed by atoms with Crippen molar-refractivity contribution in [2.75, 3.05) is 10.6 Å². The lowest BCUT2D eigenvalue weighted by molar-refractivity contribution is -0.113. The van der Waals surface area contributed by atoms with Crippen LogP contribution in [0.3, 0.4) is 0 Å². The van der Waals surface area contributed by atoms with Gasteiger partial charge in [-0.15, -0.1) is 0 Å². The van der Waals surface area contributed by atoms with Gasteiger partial charge in [0.25, 0.3) is 5.91 Å². The van der Waals surface area contributed by atoms with Gasteiger partial charge in [-0.25, -0.2) is 4.68 Å². The number of rotatable bonds is 6. The number of carbonyl (C=O) groups excluding carboxylic acids is 1. The zero-order valence-corrected chi connectivity index (χ0v) is 19.9. The predicted molar refractivity (Wildman–Crippen MR) is 136 cm³/mol. The molecule has 176 valence electrons. The van der Waals surface area contributed by atoms with E-state index in [1.807, 2.05) is 62.4 Å². The lowest BCUT2D eigenvalue weighted by Gasteiger charge is -2.30. The Morgan fingerprint density at radius 1 is 1.00 bits per heavy atom. The summed E-state index contributed by atoms with van der Waals surface area (Å²) in [6.45, 7) is 6.33. The average molecular weight is 466 g/mol. The molecule has 5 rings (SSSR count). The minimum absolute atomic E-state index is 0.205. The van der Waals surface area contributed by atoms with Gasteiger partial charge in [-0.3, -0.25) is 4.79 Å². The second-order valence-electron chi connectivity index (χ2n) is 8.68. The number of anilines is 2. The van der Waals surface area contributed by atoms with E-state index in [1.54, 1.807) is 4.68 Å². The molecule has 0 aliphatic carbocycles. The summed E-state index contributed by atoms with van der Waals surface area (Å²) >= 11 is 0. The molecule has 1 atom stereocenters. The van der Waals surface area contributed by atoms with Gasteiger partial charge in [0.2, 0.25) is 5.95 Å². The van der Waals surface area contributed by atoms with E-state index in [-0.39, 0.29) is 5.91 Å². The highest BCUT2D eigenvalue weighted by molar-refractivity contribution is 6.06. The molecule has 1 aliphatic heterocycles. The highest BCUT2D eigenvalue weighted by Crippen LogP contribution is 2.39. The molecule has 2 heterocycles. The van der Waals surface area contributed by atoms with Gasteiger partial charge in [-0.1, -0.05) is 66.2 Å². The van der Waals surface area contributed by atoms with E-state index < -0.39 is 6.04 Å². The Bertz CT molecular complexity index is 1400. The number of nitrogens with zero attached hydrogens (tertiary/aromatic N) is 3. The number of hydrogen-bond acceptors (Lipinski definition) is 5. The highest BCUT2D eigenvalue weighted by Gasteiger charge is 2.35. The number of hydrogen-bond donors (Lipinski definition) is 2. The quantitative estimate of drug-likeness (QED) is 0.398. The minimum Gasteiger partial charge on any atom is -0.489 e. The van der Waals surface area contributed by atoms with Crippen LogP contribution in [-0.4, -0.2) is 20.7 Å². The van der Waals surface area contributed by atoms with Crippen molar-refractivity contribution in [2.24, 2.45) is 0 Å². The van der Waals surface area contributed by atoms with Gasteiger partial charge in [0.1, 0.15) is 24.7 Å². The molecule has 1 amide bonds. The maximum absolute atomic E-state index is 13.7. The van der Waals surface area contributed by atoms with Crippen LogP contribution >= 0.6 is 0 Å². The van der Waals surface area contributed by atoms with E-state index in [4.69, 9.17) is 4.74 Å². The SMILES string of the molecule is CC1=C(C(=O)Nc2ccccc2C)[C@H](c2ccccc2OCc2ccc(C)cc2)n2ncnc2N1. The number of allylic oxidation sites excluding steroid dienone is 1. The third-order valence-electron chi connectivity index (χ3n) is 6.16. The van der Waals surface area contributed by atoms with Gasteiger partial charge < -0.3 is 15.4 Å². The van der Waals surface area contributed by atoms with E-state index in [2.05, 4.69) is 51.9 Å². The molecule has 0 saturated heterocycles. The molecule has 2 N–H and O–H groups in total. The second-order valence-corrected chi connectivity index (χ2v) is 8.68. The third-order valence-corrected chi connectivity index (χ3v) is 6.16. The van der Waals surface area contributed by atoms with E-state index in [1.165, 1.54) is 11.9 Å². The monoisotopic (exact) mass is 465 g/mol. The minimum atomic E-state index is -0.507. The van der Waals surface area contributed by atoms with Gasteiger partial charge in [0.05, 0.1) is 5.57 Å². The summed E-state index contributed by atoms with van der Waals surface area (Å²) in [5, 5.41) is 10.7. The van der Waals surface area contributed by atoms with Gasteiger partial charge in [-0.05, 0) is 44.0 Å². The number of benzene rings is 3. The highest BCUT2D eigenvalue weighted by atomic mass is 16.5. The molecule has 0 unspecified atom stereocenters. The molecule has 0 fully saturated rings. The largest absolute Gasteiger partial charge is 0.489 e. The first-order valence-electron chi connectivity index (χ1n) is 11.5. The van der Waals surface area contributed by atoms with Crippen LogP contribution in [-0.2, 0) is 11.4 Å². The van der Waals surface area contributed by atoms with Gasteiger partial charge in [0, 0.05) is 16.9 Å². The number of amides is 1. The molecule has 0 saturated carbocycles. The van der Waals surface area contributed by atoms with Crippen molar-refractivity contribution in [3.8, 4) is 5.75 Å². The van der Waals surface area contributed by atoms with Crippen molar-refractivity contribution < 1.29 is 9.53 Å². The zero-order valence-electron chi connectivity index (χ0n) is 19.9. The van der Waals surface area contributed by atoms with Crippen LogP contribution in [0.15, 0.2) is 90.4 Å². The first-order valence-corrected chi connectivity index (χ1v) is 11.5. The summed E-state index contributed by atoms with van der Waals surface area (Å²) in [7, 11) is 0. The average Bonchev–Trinajstić information content (AvgIpc) is 3.32. The van der Waals surface area contributed by atoms with Crippen molar-refractivity contribution in [1.82, 2.24) is 14.8 Å². The fourth-order valence-electron chi connectivity index (χ4n) is 4.26. The molecule has 7 nitrogen and oxygen atoms in total. The van der Waals surface area contributed by atoms with Crippen LogP contribution in [0.2, 0.25) is 0 Å². The summed E-state index contributed by atoms with van der Waals surface area (Å²) in [6.07, 6.45) is 1.49. The van der Waals surface area contributed by atoms with Crippen LogP contribution in [0.5, 0.6) is 5.75 Å². The Morgan fingerprint density at radius 2 is 1.74 bits per heavy atom. The molecule has 35 heavy (non-hydrogen) atoms. The second kappa shape index (κ2) is 9.46. The molecule has 3 aromatic carbocycles. The van der Waals surface area contributed by atoms with Crippen LogP contribution < -0.4 is 15.4 Å². The molecular weight excluding hydrogens is 438 g/mol. The Hall–Kier alpha value is -4.39. The van der Waals surface area contributed by atoms with Crippen molar-refractivity contribution >= 4 is 17.5 Å². The number of nitrogens with one attached hydrogen (secondary N) is 2. The predicted octanol–water partition coefficient (Wildman–Crippen LogP) is 5.40. The van der Waals surface area contributed by atoms with Crippen LogP contribution in [0.4, 0.5) is 11.6 Å². The zero-order chi connectivity index (χ0) is 24.4. The summed E-state index contributed by atoms with van der Waals surface area (Å²) < 4.78 is 8.00. The number of ether oxygens (including phenoxy) is 1. The number of para-hydroxylation sites is 2. The summed E-state index contributed by atoms with van der Waals surface area (Å²) in [5.41, 5.74) is 6.14. The molecule has 0 radical (unpaired) electrons. The van der Waals surface area contributed by atoms with Crippen LogP contribution in [0.1, 0.15) is 35.2 Å². The maximum atomic E-state index is 13.7. The molecule has 1 aromatic heterocycles. The third kappa shape index (κ3) is 4.53. The van der Waals surface area contributed by atoms with Crippen molar-refractivity contribution in [3.63, 3.8) is 0 Å². The Labute approximate surface area is 204 Å². The van der Waals surface area contributed by atoms with Crippen molar-refractivity contribution in [2.45, 2.75) is 33.4 Å². The van der Waals surface area contributed by atoms with E-state index >= 15 is 0 Å². The Balaban J connectivity index is 1.52. The number of carbonyl (C=O) groups is 1. The fraction of sp³-hybridized carbons (Fsp3) is 0.179. The smallest absolute Gasteiger partial charge is 0.255 e. The van der Waals surface area contributed by atoms with Gasteiger partial charge in [-0.2, -0.15) is 10.1 Å². The fourth-order valence-corrected chi connectivity index (χ4v) is 4.26. The maximum Gasteiger partial charge on any atom is 0.255 e. The molecule has 7 heteroatoms. The molecule has 0 spiro atoms. The van der Waals surface area contributed by atoms with Gasteiger partial charge in [0.15, 0.2) is 0 Å². The van der Waals surface area contributed by atoms with E-state index in [0.717, 1.165) is 28.1 Å². The normalized spacial score (nSPS) is 14.8. The van der Waals surface area contributed by atoms with Crippen molar-refractivity contribution in [1.29, 1.82) is 0 Å². The van der Waals surface area contributed by atoms with E-state index in [0.29, 0.717) is 23.9 Å². The van der Waals surface area contributed by atoms with Crippen molar-refractivity contribution in [3.05, 3.63) is 113 Å². The number of aryl methyl sites for hydroxylation is 2. The van der Waals surface area contributed by atoms with Gasteiger partial charge >= 0.3 is 0 Å². The van der Waals surface area contributed by atoms with E-state index in [9.17, 15) is 4.79 Å². The first kappa shape index (κ1) is 22.4. The summed E-state index contributed by atoms with van der Waals surface area (Å²) in [6, 6.07) is 23.2. The first-order chi connectivity index (χ1) is 17.0. The number of aromatic nitrogens is 3. The molecule has 1 aliphatic rings. The Morgan fingerprint density at radius 3 is 2.54 bits per heavy atom. The standard InChI is InChI=1S/C28H27N5O2/c1-18-12-14-21(15-13-18)16-35-24-11-7-5-9-22(24)26-25(20(3)31-28-29-17-30-33(26)28)27(34)32-23-10-6-4-8-19(23)2/h4-15,17,26H,16H2,1-3H3,(H,32,34)(H,29,30,31)/t26-/m0/s1. The summed E-state index contributed by atoms with van der Waals surface area (Å²) in [4.78, 5) is 18.0. The summed E-state index contributed by atoms with van der Waals surface area (Å²) in [5.74, 6) is 1.06. The molecule has 0 bridgehead atoms. The topological polar surface area (TPSA) is 81.1 Å². The van der Waals surface area contributed by atoms with Crippen LogP contribution in [0, 0.1) is 13.8 Å². The lowest BCUT2D eigenvalue weighted by Crippen LogP contribution is -2.32. The number of fused-ring (bicyclic) bond motifs is 1. The van der Waals surface area contributed by atoms with Crippen LogP contribution in [0.25, 0.3) is 0 Å². The molecule has 4 aromatic rings. The Kier molecular flexibility index (Phi) is 6.06. The lowest BCUT2D eigenvalue weighted by atomic mass is 9.94. The molecular formula is C28H27N5O2.